The maximum Gasteiger partial charge on any atom is 0.343 e. The van der Waals surface area contributed by atoms with E-state index < -0.39 is 30.2 Å². The average molecular weight is 330 g/mol. The van der Waals surface area contributed by atoms with Crippen LogP contribution in [0, 0.1) is 11.8 Å². The molecule has 132 valence electrons. The van der Waals surface area contributed by atoms with Crippen LogP contribution in [0.5, 0.6) is 0 Å². The molecular weight excluding hydrogens is 304 g/mol. The van der Waals surface area contributed by atoms with Crippen molar-refractivity contribution in [2.24, 2.45) is 11.8 Å². The van der Waals surface area contributed by atoms with E-state index in [1.807, 2.05) is 38.7 Å². The van der Waals surface area contributed by atoms with E-state index >= 15 is 0 Å². The summed E-state index contributed by atoms with van der Waals surface area (Å²) in [5.74, 6) is -3.28. The highest BCUT2D eigenvalue weighted by molar-refractivity contribution is 5.92. The lowest BCUT2D eigenvalue weighted by molar-refractivity contribution is -0.169. The third-order valence-corrected chi connectivity index (χ3v) is 3.53. The first-order valence-electron chi connectivity index (χ1n) is 7.88. The molecule has 0 atom stereocenters. The molecule has 8 heteroatoms. The normalized spacial score (nSPS) is 10.3. The molecular formula is C15H26N2O6. The summed E-state index contributed by atoms with van der Waals surface area (Å²) in [6.07, 6.45) is 1.74. The molecule has 0 aromatic heterocycles. The van der Waals surface area contributed by atoms with Crippen molar-refractivity contribution in [1.82, 2.24) is 11.0 Å². The third kappa shape index (κ3) is 8.18. The first-order valence-corrected chi connectivity index (χ1v) is 7.88. The Morgan fingerprint density at radius 2 is 1.00 bits per heavy atom. The minimum absolute atomic E-state index is 0.255. The van der Waals surface area contributed by atoms with E-state index in [1.165, 1.54) is 0 Å². The van der Waals surface area contributed by atoms with E-state index in [4.69, 9.17) is 0 Å². The lowest BCUT2D eigenvalue weighted by Gasteiger charge is -2.13. The minimum atomic E-state index is -0.967. The molecule has 23 heavy (non-hydrogen) atoms. The molecule has 0 spiro atoms. The van der Waals surface area contributed by atoms with Gasteiger partial charge in [0.05, 0.1) is 0 Å². The van der Waals surface area contributed by atoms with Gasteiger partial charge in [0.2, 0.25) is 0 Å². The van der Waals surface area contributed by atoms with Crippen LogP contribution in [0.15, 0.2) is 0 Å². The van der Waals surface area contributed by atoms with Gasteiger partial charge in [-0.15, -0.1) is 0 Å². The molecule has 0 aromatic carbocycles. The van der Waals surface area contributed by atoms with Gasteiger partial charge in [-0.2, -0.15) is 11.0 Å². The molecule has 0 bridgehead atoms. The zero-order chi connectivity index (χ0) is 17.8. The summed E-state index contributed by atoms with van der Waals surface area (Å²) >= 11 is 0. The van der Waals surface area contributed by atoms with E-state index in [1.54, 1.807) is 0 Å². The molecule has 0 saturated carbocycles. The predicted molar refractivity (Wildman–Crippen MR) is 81.2 cm³/mol. The van der Waals surface area contributed by atoms with Gasteiger partial charge in [-0.25, -0.2) is 9.59 Å². The van der Waals surface area contributed by atoms with Crippen LogP contribution in [0.1, 0.15) is 59.8 Å². The Morgan fingerprint density at radius 1 is 0.696 bits per heavy atom. The topological polar surface area (TPSA) is 111 Å². The highest BCUT2D eigenvalue weighted by Crippen LogP contribution is 2.07. The van der Waals surface area contributed by atoms with Crippen molar-refractivity contribution < 1.29 is 28.9 Å². The molecule has 0 aromatic rings. The van der Waals surface area contributed by atoms with E-state index in [0.29, 0.717) is 25.7 Å². The van der Waals surface area contributed by atoms with Crippen LogP contribution in [0.25, 0.3) is 0 Å². The SMILES string of the molecule is CCC(CC)C(=O)NOC(=O)CC(=O)ONC(=O)C(CC)CC. The molecule has 8 nitrogen and oxygen atoms in total. The molecule has 2 N–H and O–H groups in total. The molecule has 0 aliphatic carbocycles. The molecule has 0 aliphatic rings. The highest BCUT2D eigenvalue weighted by Gasteiger charge is 2.20. The Balaban J connectivity index is 4.09. The van der Waals surface area contributed by atoms with Crippen molar-refractivity contribution in [3.05, 3.63) is 0 Å². The van der Waals surface area contributed by atoms with Crippen LogP contribution in [0.3, 0.4) is 0 Å². The number of hydrogen-bond donors (Lipinski definition) is 2. The number of amides is 2. The minimum Gasteiger partial charge on any atom is -0.340 e. The third-order valence-electron chi connectivity index (χ3n) is 3.53. The van der Waals surface area contributed by atoms with Gasteiger partial charge < -0.3 is 9.68 Å². The summed E-state index contributed by atoms with van der Waals surface area (Å²) < 4.78 is 0. The fraction of sp³-hybridized carbons (Fsp3) is 0.733. The zero-order valence-electron chi connectivity index (χ0n) is 14.1. The Bertz CT molecular complexity index is 378. The summed E-state index contributed by atoms with van der Waals surface area (Å²) in [6, 6.07) is 0. The van der Waals surface area contributed by atoms with Gasteiger partial charge in [0.15, 0.2) is 0 Å². The van der Waals surface area contributed by atoms with Crippen LogP contribution in [0.4, 0.5) is 0 Å². The number of hydroxylamine groups is 2. The van der Waals surface area contributed by atoms with Gasteiger partial charge >= 0.3 is 11.9 Å². The quantitative estimate of drug-likeness (QED) is 0.514. The van der Waals surface area contributed by atoms with Gasteiger partial charge in [0, 0.05) is 11.8 Å². The zero-order valence-corrected chi connectivity index (χ0v) is 14.1. The summed E-state index contributed by atoms with van der Waals surface area (Å²) in [6.45, 7) is 7.37. The molecule has 2 amide bonds. The number of carbonyl (C=O) groups excluding carboxylic acids is 4. The molecule has 0 unspecified atom stereocenters. The number of nitrogens with one attached hydrogen (secondary N) is 2. The molecule has 0 heterocycles. The summed E-state index contributed by atoms with van der Waals surface area (Å²) in [5, 5.41) is 0. The first kappa shape index (κ1) is 20.9. The van der Waals surface area contributed by atoms with E-state index in [-0.39, 0.29) is 11.8 Å². The average Bonchev–Trinajstić information content (AvgIpc) is 2.53. The monoisotopic (exact) mass is 330 g/mol. The van der Waals surface area contributed by atoms with Gasteiger partial charge in [0.25, 0.3) is 11.8 Å². The van der Waals surface area contributed by atoms with Crippen molar-refractivity contribution in [1.29, 1.82) is 0 Å². The molecule has 0 aliphatic heterocycles. The smallest absolute Gasteiger partial charge is 0.340 e. The Kier molecular flexibility index (Phi) is 10.4. The van der Waals surface area contributed by atoms with Crippen molar-refractivity contribution >= 4 is 23.8 Å². The Morgan fingerprint density at radius 3 is 1.26 bits per heavy atom. The largest absolute Gasteiger partial charge is 0.343 e. The van der Waals surface area contributed by atoms with Crippen molar-refractivity contribution in [2.45, 2.75) is 59.8 Å². The second-order valence-electron chi connectivity index (χ2n) is 5.08. The van der Waals surface area contributed by atoms with E-state index in [9.17, 15) is 19.2 Å². The van der Waals surface area contributed by atoms with E-state index in [2.05, 4.69) is 9.68 Å². The molecule has 0 saturated heterocycles. The molecule has 0 radical (unpaired) electrons. The lowest BCUT2D eigenvalue weighted by atomic mass is 10.0. The Labute approximate surface area is 136 Å². The van der Waals surface area contributed by atoms with E-state index in [0.717, 1.165) is 0 Å². The standard InChI is InChI=1S/C15H26N2O6/c1-5-10(6-2)14(20)16-22-12(18)9-13(19)23-17-15(21)11(7-3)8-4/h10-11H,5-9H2,1-4H3,(H,16,20)(H,17,21). The van der Waals surface area contributed by atoms with Crippen LogP contribution in [-0.4, -0.2) is 23.8 Å². The lowest BCUT2D eigenvalue weighted by Crippen LogP contribution is -2.35. The van der Waals surface area contributed by atoms with Crippen LogP contribution in [0.2, 0.25) is 0 Å². The van der Waals surface area contributed by atoms with Crippen molar-refractivity contribution in [3.63, 3.8) is 0 Å². The fourth-order valence-corrected chi connectivity index (χ4v) is 1.89. The second kappa shape index (κ2) is 11.4. The van der Waals surface area contributed by atoms with Gasteiger partial charge in [-0.1, -0.05) is 27.7 Å². The number of rotatable bonds is 8. The number of carbonyl (C=O) groups is 4. The number of hydrogen-bond acceptors (Lipinski definition) is 6. The Hall–Kier alpha value is -2.12. The summed E-state index contributed by atoms with van der Waals surface area (Å²) in [7, 11) is 0. The first-order chi connectivity index (χ1) is 10.9. The van der Waals surface area contributed by atoms with Crippen molar-refractivity contribution in [3.8, 4) is 0 Å². The van der Waals surface area contributed by atoms with Crippen LogP contribution in [-0.2, 0) is 28.9 Å². The summed E-state index contributed by atoms with van der Waals surface area (Å²) in [4.78, 5) is 55.0. The van der Waals surface area contributed by atoms with Gasteiger partial charge in [-0.3, -0.25) is 9.59 Å². The maximum absolute atomic E-state index is 11.6. The fourth-order valence-electron chi connectivity index (χ4n) is 1.89. The molecule has 0 fully saturated rings. The second-order valence-corrected chi connectivity index (χ2v) is 5.08. The van der Waals surface area contributed by atoms with Crippen LogP contribution < -0.4 is 11.0 Å². The van der Waals surface area contributed by atoms with Gasteiger partial charge in [-0.05, 0) is 25.7 Å². The maximum atomic E-state index is 11.6. The predicted octanol–water partition coefficient (Wildman–Crippen LogP) is 1.40. The summed E-state index contributed by atoms with van der Waals surface area (Å²) in [5.41, 5.74) is 4.01. The van der Waals surface area contributed by atoms with Gasteiger partial charge in [0.1, 0.15) is 6.42 Å². The highest BCUT2D eigenvalue weighted by atomic mass is 16.7. The van der Waals surface area contributed by atoms with Crippen LogP contribution >= 0.6 is 0 Å². The van der Waals surface area contributed by atoms with Crippen molar-refractivity contribution in [2.75, 3.05) is 0 Å². The molecule has 0 rings (SSSR count).